The van der Waals surface area contributed by atoms with Crippen LogP contribution < -0.4 is 20.1 Å². The molecule has 2 N–H and O–H groups in total. The minimum absolute atomic E-state index is 0.147. The molecule has 0 aliphatic carbocycles. The van der Waals surface area contributed by atoms with Crippen molar-refractivity contribution in [3.05, 3.63) is 58.1 Å². The van der Waals surface area contributed by atoms with Gasteiger partial charge in [-0.1, -0.05) is 11.6 Å². The average Bonchev–Trinajstić information content (AvgIpc) is 3.05. The van der Waals surface area contributed by atoms with Gasteiger partial charge in [0.25, 0.3) is 5.91 Å². The molecule has 1 aliphatic heterocycles. The molecule has 154 valence electrons. The number of hydrogen-bond acceptors (Lipinski definition) is 4. The van der Waals surface area contributed by atoms with Crippen molar-refractivity contribution in [2.45, 2.75) is 39.3 Å². The number of fused-ring (bicyclic) bond motifs is 1. The molecule has 1 atom stereocenters. The first-order valence-electron chi connectivity index (χ1n) is 9.72. The Bertz CT molecular complexity index is 883. The molecule has 1 unspecified atom stereocenters. The summed E-state index contributed by atoms with van der Waals surface area (Å²) in [5.41, 5.74) is 2.50. The highest BCUT2D eigenvalue weighted by atomic mass is 35.5. The molecule has 0 saturated heterocycles. The minimum atomic E-state index is -0.238. The number of nitrogens with one attached hydrogen (secondary N) is 2. The van der Waals surface area contributed by atoms with Gasteiger partial charge in [-0.15, -0.1) is 0 Å². The number of carbonyl (C=O) groups excluding carboxylic acids is 2. The van der Waals surface area contributed by atoms with E-state index in [0.29, 0.717) is 23.7 Å². The van der Waals surface area contributed by atoms with Crippen LogP contribution in [0.5, 0.6) is 11.5 Å². The van der Waals surface area contributed by atoms with Gasteiger partial charge in [-0.3, -0.25) is 9.59 Å². The molecule has 1 aliphatic rings. The summed E-state index contributed by atoms with van der Waals surface area (Å²) in [5.74, 6) is 1.22. The first-order valence-corrected chi connectivity index (χ1v) is 10.1. The van der Waals surface area contributed by atoms with Crippen molar-refractivity contribution in [2.75, 3.05) is 13.2 Å². The zero-order valence-electron chi connectivity index (χ0n) is 16.6. The third kappa shape index (κ3) is 5.64. The van der Waals surface area contributed by atoms with Crippen molar-refractivity contribution in [2.24, 2.45) is 0 Å². The highest BCUT2D eigenvalue weighted by molar-refractivity contribution is 6.30. The van der Waals surface area contributed by atoms with E-state index in [-0.39, 0.29) is 30.9 Å². The van der Waals surface area contributed by atoms with Gasteiger partial charge in [0.05, 0.1) is 6.61 Å². The van der Waals surface area contributed by atoms with E-state index in [1.54, 1.807) is 24.3 Å². The van der Waals surface area contributed by atoms with Gasteiger partial charge < -0.3 is 20.1 Å². The molecular weight excluding hydrogens is 392 g/mol. The smallest absolute Gasteiger partial charge is 0.251 e. The quantitative estimate of drug-likeness (QED) is 0.690. The fraction of sp³-hybridized carbons (Fsp3) is 0.364. The maximum Gasteiger partial charge on any atom is 0.251 e. The summed E-state index contributed by atoms with van der Waals surface area (Å²) in [4.78, 5) is 24.2. The molecule has 2 aromatic rings. The summed E-state index contributed by atoms with van der Waals surface area (Å²) in [6, 6.07) is 10.5. The van der Waals surface area contributed by atoms with E-state index in [2.05, 4.69) is 10.6 Å². The fourth-order valence-electron chi connectivity index (χ4n) is 3.18. The van der Waals surface area contributed by atoms with Crippen LogP contribution in [0.15, 0.2) is 36.4 Å². The van der Waals surface area contributed by atoms with Gasteiger partial charge in [0.1, 0.15) is 17.6 Å². The lowest BCUT2D eigenvalue weighted by Gasteiger charge is -2.13. The Labute approximate surface area is 175 Å². The van der Waals surface area contributed by atoms with Crippen LogP contribution in [0.3, 0.4) is 0 Å². The minimum Gasteiger partial charge on any atom is -0.494 e. The molecule has 2 amide bonds. The summed E-state index contributed by atoms with van der Waals surface area (Å²) >= 11 is 5.82. The van der Waals surface area contributed by atoms with E-state index in [4.69, 9.17) is 21.1 Å². The Kier molecular flexibility index (Phi) is 6.99. The zero-order chi connectivity index (χ0) is 20.8. The van der Waals surface area contributed by atoms with E-state index in [0.717, 1.165) is 29.0 Å². The third-order valence-corrected chi connectivity index (χ3v) is 4.85. The molecule has 3 rings (SSSR count). The summed E-state index contributed by atoms with van der Waals surface area (Å²) < 4.78 is 11.5. The molecule has 29 heavy (non-hydrogen) atoms. The third-order valence-electron chi connectivity index (χ3n) is 4.60. The summed E-state index contributed by atoms with van der Waals surface area (Å²) in [5, 5.41) is 6.18. The average molecular weight is 417 g/mol. The van der Waals surface area contributed by atoms with Crippen LogP contribution in [0.25, 0.3) is 0 Å². The molecule has 0 bridgehead atoms. The van der Waals surface area contributed by atoms with E-state index >= 15 is 0 Å². The second-order valence-corrected chi connectivity index (χ2v) is 7.36. The predicted molar refractivity (Wildman–Crippen MR) is 112 cm³/mol. The van der Waals surface area contributed by atoms with Gasteiger partial charge in [0, 0.05) is 47.6 Å². The molecule has 0 spiro atoms. The lowest BCUT2D eigenvalue weighted by Crippen LogP contribution is -2.30. The molecule has 0 fully saturated rings. The maximum atomic E-state index is 12.2. The molecule has 2 aromatic carbocycles. The van der Waals surface area contributed by atoms with Gasteiger partial charge in [0.15, 0.2) is 0 Å². The van der Waals surface area contributed by atoms with E-state index in [1.807, 2.05) is 26.0 Å². The first-order chi connectivity index (χ1) is 14.0. The number of rotatable bonds is 8. The number of ether oxygens (including phenoxy) is 2. The van der Waals surface area contributed by atoms with Crippen LogP contribution >= 0.6 is 11.6 Å². The second kappa shape index (κ2) is 9.65. The lowest BCUT2D eigenvalue weighted by atomic mass is 10.1. The molecule has 0 aromatic heterocycles. The van der Waals surface area contributed by atoms with Crippen LogP contribution in [-0.2, 0) is 17.8 Å². The van der Waals surface area contributed by atoms with Gasteiger partial charge in [-0.2, -0.15) is 0 Å². The van der Waals surface area contributed by atoms with E-state index in [1.165, 1.54) is 0 Å². The monoisotopic (exact) mass is 416 g/mol. The van der Waals surface area contributed by atoms with Crippen LogP contribution in [-0.4, -0.2) is 31.1 Å². The van der Waals surface area contributed by atoms with Gasteiger partial charge >= 0.3 is 0 Å². The molecule has 0 radical (unpaired) electrons. The Balaban J connectivity index is 1.49. The molecule has 6 nitrogen and oxygen atoms in total. The first kappa shape index (κ1) is 21.0. The number of hydrogen-bond donors (Lipinski definition) is 2. The van der Waals surface area contributed by atoms with E-state index in [9.17, 15) is 9.59 Å². The van der Waals surface area contributed by atoms with Crippen molar-refractivity contribution in [1.29, 1.82) is 0 Å². The van der Waals surface area contributed by atoms with Crippen LogP contribution in [0.2, 0.25) is 5.02 Å². The van der Waals surface area contributed by atoms with Gasteiger partial charge in [-0.25, -0.2) is 0 Å². The molecule has 0 saturated carbocycles. The Morgan fingerprint density at radius 1 is 1.21 bits per heavy atom. The highest BCUT2D eigenvalue weighted by Gasteiger charge is 2.22. The summed E-state index contributed by atoms with van der Waals surface area (Å²) in [6.45, 7) is 5.09. The van der Waals surface area contributed by atoms with Gasteiger partial charge in [-0.05, 0) is 50.2 Å². The maximum absolute atomic E-state index is 12.2. The fourth-order valence-corrected chi connectivity index (χ4v) is 3.31. The molecule has 1 heterocycles. The predicted octanol–water partition coefficient (Wildman–Crippen LogP) is 3.50. The number of amides is 2. The van der Waals surface area contributed by atoms with Crippen molar-refractivity contribution in [1.82, 2.24) is 10.6 Å². The van der Waals surface area contributed by atoms with Crippen molar-refractivity contribution >= 4 is 23.4 Å². The van der Waals surface area contributed by atoms with E-state index < -0.39 is 0 Å². The van der Waals surface area contributed by atoms with Gasteiger partial charge in [0.2, 0.25) is 5.91 Å². The number of carbonyl (C=O) groups is 2. The molecule has 7 heteroatoms. The van der Waals surface area contributed by atoms with Crippen molar-refractivity contribution in [3.8, 4) is 11.5 Å². The van der Waals surface area contributed by atoms with Crippen molar-refractivity contribution in [3.63, 3.8) is 0 Å². The van der Waals surface area contributed by atoms with Crippen molar-refractivity contribution < 1.29 is 19.1 Å². The normalized spacial score (nSPS) is 14.7. The van der Waals surface area contributed by atoms with Crippen LogP contribution in [0, 0.1) is 0 Å². The Hall–Kier alpha value is -2.73. The second-order valence-electron chi connectivity index (χ2n) is 6.92. The van der Waals surface area contributed by atoms with Crippen LogP contribution in [0.1, 0.15) is 41.8 Å². The lowest BCUT2D eigenvalue weighted by molar-refractivity contribution is -0.121. The SMILES string of the molecule is CCOc1cc2c(cc1CNC(=O)CCNC(=O)c1ccc(Cl)cc1)OC(C)C2. The molecular formula is C22H25ClN2O4. The highest BCUT2D eigenvalue weighted by Crippen LogP contribution is 2.35. The summed E-state index contributed by atoms with van der Waals surface area (Å²) in [7, 11) is 0. The largest absolute Gasteiger partial charge is 0.494 e. The number of benzene rings is 2. The summed E-state index contributed by atoms with van der Waals surface area (Å²) in [6.07, 6.45) is 1.19. The Morgan fingerprint density at radius 3 is 2.69 bits per heavy atom. The topological polar surface area (TPSA) is 76.7 Å². The number of halogens is 1. The zero-order valence-corrected chi connectivity index (χ0v) is 17.3. The van der Waals surface area contributed by atoms with Crippen LogP contribution in [0.4, 0.5) is 0 Å². The Morgan fingerprint density at radius 2 is 1.97 bits per heavy atom. The standard InChI is InChI=1S/C22H25ClN2O4/c1-3-28-19-11-16-10-14(2)29-20(16)12-17(19)13-25-21(26)8-9-24-22(27)15-4-6-18(23)7-5-15/h4-7,11-12,14H,3,8-10,13H2,1-2H3,(H,24,27)(H,25,26).